The molecule has 0 aromatic rings. The van der Waals surface area contributed by atoms with Crippen molar-refractivity contribution in [3.63, 3.8) is 0 Å². The molecule has 2 aliphatic rings. The molecule has 2 atom stereocenters. The van der Waals surface area contributed by atoms with Crippen LogP contribution in [-0.4, -0.2) is 46.9 Å². The number of amides is 1. The van der Waals surface area contributed by atoms with Crippen LogP contribution < -0.4 is 11.1 Å². The SMILES string of the molecule is N[C@@H](CC(=O)O)C(=O)N[C@@H](CS)C(=O)OC(C1CC1)C1CC1. The van der Waals surface area contributed by atoms with Crippen LogP contribution in [0.4, 0.5) is 0 Å². The van der Waals surface area contributed by atoms with Crippen LogP contribution in [0.2, 0.25) is 0 Å². The molecule has 0 unspecified atom stereocenters. The van der Waals surface area contributed by atoms with Gasteiger partial charge in [0.15, 0.2) is 0 Å². The van der Waals surface area contributed by atoms with Crippen LogP contribution in [0.1, 0.15) is 32.1 Å². The van der Waals surface area contributed by atoms with E-state index in [4.69, 9.17) is 15.6 Å². The van der Waals surface area contributed by atoms with E-state index in [0.717, 1.165) is 25.7 Å². The van der Waals surface area contributed by atoms with Gasteiger partial charge < -0.3 is 20.9 Å². The third-order valence-electron chi connectivity index (χ3n) is 3.94. The van der Waals surface area contributed by atoms with Crippen LogP contribution in [0.15, 0.2) is 0 Å². The molecule has 0 aromatic heterocycles. The predicted octanol–water partition coefficient (Wildman–Crippen LogP) is -0.0652. The predicted molar refractivity (Wildman–Crippen MR) is 81.3 cm³/mol. The lowest BCUT2D eigenvalue weighted by Gasteiger charge is -2.22. The summed E-state index contributed by atoms with van der Waals surface area (Å²) in [6, 6.07) is -2.11. The minimum atomic E-state index is -1.20. The molecule has 8 heteroatoms. The summed E-state index contributed by atoms with van der Waals surface area (Å²) in [7, 11) is 0. The quantitative estimate of drug-likeness (QED) is 0.347. The third-order valence-corrected chi connectivity index (χ3v) is 4.31. The minimum Gasteiger partial charge on any atom is -0.481 e. The van der Waals surface area contributed by atoms with Crippen molar-refractivity contribution < 1.29 is 24.2 Å². The van der Waals surface area contributed by atoms with Crippen LogP contribution in [0.3, 0.4) is 0 Å². The Labute approximate surface area is 134 Å². The number of carboxylic acid groups (broad SMARTS) is 1. The lowest BCUT2D eigenvalue weighted by Crippen LogP contribution is -2.51. The van der Waals surface area contributed by atoms with Gasteiger partial charge >= 0.3 is 11.9 Å². The maximum atomic E-state index is 12.2. The molecule has 4 N–H and O–H groups in total. The van der Waals surface area contributed by atoms with E-state index in [2.05, 4.69) is 17.9 Å². The molecule has 2 aliphatic carbocycles. The van der Waals surface area contributed by atoms with Gasteiger partial charge in [0, 0.05) is 5.75 Å². The molecule has 2 rings (SSSR count). The van der Waals surface area contributed by atoms with Gasteiger partial charge in [-0.05, 0) is 37.5 Å². The molecule has 7 nitrogen and oxygen atoms in total. The fourth-order valence-electron chi connectivity index (χ4n) is 2.38. The maximum Gasteiger partial charge on any atom is 0.329 e. The Morgan fingerprint density at radius 1 is 1.23 bits per heavy atom. The summed E-state index contributed by atoms with van der Waals surface area (Å²) in [5.74, 6) is -1.41. The number of carbonyl (C=O) groups excluding carboxylic acids is 2. The van der Waals surface area contributed by atoms with Crippen molar-refractivity contribution in [1.29, 1.82) is 0 Å². The highest BCUT2D eigenvalue weighted by Gasteiger charge is 2.44. The van der Waals surface area contributed by atoms with Gasteiger partial charge in [-0.15, -0.1) is 0 Å². The van der Waals surface area contributed by atoms with E-state index in [1.807, 2.05) is 0 Å². The van der Waals surface area contributed by atoms with E-state index in [-0.39, 0.29) is 11.9 Å². The first-order chi connectivity index (χ1) is 10.4. The Morgan fingerprint density at radius 2 is 1.77 bits per heavy atom. The normalized spacial score (nSPS) is 20.3. The first-order valence-corrected chi connectivity index (χ1v) is 8.14. The number of nitrogens with one attached hydrogen (secondary N) is 1. The highest BCUT2D eigenvalue weighted by Crippen LogP contribution is 2.46. The van der Waals surface area contributed by atoms with Gasteiger partial charge in [0.2, 0.25) is 5.91 Å². The molecule has 0 bridgehead atoms. The van der Waals surface area contributed by atoms with Gasteiger partial charge in [-0.2, -0.15) is 12.6 Å². The number of rotatable bonds is 9. The molecule has 0 spiro atoms. The largest absolute Gasteiger partial charge is 0.481 e. The smallest absolute Gasteiger partial charge is 0.329 e. The van der Waals surface area contributed by atoms with Gasteiger partial charge in [0.25, 0.3) is 0 Å². The Balaban J connectivity index is 1.85. The fourth-order valence-corrected chi connectivity index (χ4v) is 2.62. The summed E-state index contributed by atoms with van der Waals surface area (Å²) in [5.41, 5.74) is 5.47. The van der Waals surface area contributed by atoms with Crippen molar-refractivity contribution in [3.8, 4) is 0 Å². The van der Waals surface area contributed by atoms with Crippen molar-refractivity contribution in [3.05, 3.63) is 0 Å². The Bertz CT molecular complexity index is 439. The van der Waals surface area contributed by atoms with E-state index in [0.29, 0.717) is 11.8 Å². The van der Waals surface area contributed by atoms with Crippen LogP contribution in [0.5, 0.6) is 0 Å². The number of hydrogen-bond acceptors (Lipinski definition) is 6. The molecule has 1 amide bonds. The summed E-state index contributed by atoms with van der Waals surface area (Å²) in [6.45, 7) is 0. The molecule has 0 saturated heterocycles. The van der Waals surface area contributed by atoms with Crippen molar-refractivity contribution in [2.75, 3.05) is 5.75 Å². The second-order valence-electron chi connectivity index (χ2n) is 6.02. The number of aliphatic carboxylic acids is 1. The van der Waals surface area contributed by atoms with Gasteiger partial charge in [-0.25, -0.2) is 4.79 Å². The van der Waals surface area contributed by atoms with E-state index < -0.39 is 36.4 Å². The van der Waals surface area contributed by atoms with E-state index in [9.17, 15) is 14.4 Å². The highest BCUT2D eigenvalue weighted by molar-refractivity contribution is 7.80. The highest BCUT2D eigenvalue weighted by atomic mass is 32.1. The number of carbonyl (C=O) groups is 3. The third kappa shape index (κ3) is 4.88. The zero-order valence-corrected chi connectivity index (χ0v) is 13.1. The summed E-state index contributed by atoms with van der Waals surface area (Å²) in [5, 5.41) is 11.0. The number of hydrogen-bond donors (Lipinski definition) is 4. The Hall–Kier alpha value is -1.28. The first-order valence-electron chi connectivity index (χ1n) is 7.51. The lowest BCUT2D eigenvalue weighted by molar-refractivity contribution is -0.154. The zero-order chi connectivity index (χ0) is 16.3. The number of thiol groups is 1. The second kappa shape index (κ2) is 7.32. The summed E-state index contributed by atoms with van der Waals surface area (Å²) in [4.78, 5) is 34.5. The molecule has 124 valence electrons. The molecular weight excluding hydrogens is 308 g/mol. The first kappa shape index (κ1) is 17.1. The van der Waals surface area contributed by atoms with Crippen LogP contribution in [-0.2, 0) is 19.1 Å². The summed E-state index contributed by atoms with van der Waals surface area (Å²) in [6.07, 6.45) is 3.77. The average Bonchev–Trinajstić information content (AvgIpc) is 3.33. The molecule has 22 heavy (non-hydrogen) atoms. The molecule has 2 fully saturated rings. The lowest BCUT2D eigenvalue weighted by atomic mass is 10.1. The van der Waals surface area contributed by atoms with E-state index in [1.165, 1.54) is 0 Å². The van der Waals surface area contributed by atoms with Crippen LogP contribution >= 0.6 is 12.6 Å². The average molecular weight is 330 g/mol. The number of ether oxygens (including phenoxy) is 1. The minimum absolute atomic E-state index is 0.0560. The molecule has 0 aliphatic heterocycles. The topological polar surface area (TPSA) is 119 Å². The van der Waals surface area contributed by atoms with Gasteiger partial charge in [-0.1, -0.05) is 0 Å². The van der Waals surface area contributed by atoms with Crippen molar-refractivity contribution in [2.24, 2.45) is 17.6 Å². The van der Waals surface area contributed by atoms with Crippen molar-refractivity contribution >= 4 is 30.5 Å². The second-order valence-corrected chi connectivity index (χ2v) is 6.39. The Kier molecular flexibility index (Phi) is 5.69. The van der Waals surface area contributed by atoms with Crippen molar-refractivity contribution in [2.45, 2.75) is 50.3 Å². The zero-order valence-electron chi connectivity index (χ0n) is 12.2. The molecule has 0 heterocycles. The fraction of sp³-hybridized carbons (Fsp3) is 0.786. The van der Waals surface area contributed by atoms with Crippen LogP contribution in [0.25, 0.3) is 0 Å². The maximum absolute atomic E-state index is 12.2. The number of esters is 1. The summed E-state index contributed by atoms with van der Waals surface area (Å²) < 4.78 is 5.55. The van der Waals surface area contributed by atoms with Gasteiger partial charge in [-0.3, -0.25) is 9.59 Å². The van der Waals surface area contributed by atoms with Gasteiger partial charge in [0.1, 0.15) is 12.1 Å². The van der Waals surface area contributed by atoms with E-state index >= 15 is 0 Å². The number of nitrogens with two attached hydrogens (primary N) is 1. The Morgan fingerprint density at radius 3 is 2.18 bits per heavy atom. The molecule has 0 aromatic carbocycles. The van der Waals surface area contributed by atoms with Gasteiger partial charge in [0.05, 0.1) is 12.5 Å². The standard InChI is InChI=1S/C14H22N2O5S/c15-9(5-11(17)18)13(19)16-10(6-22)14(20)21-12(7-1-2-7)8-3-4-8/h7-10,12,22H,1-6,15H2,(H,16,19)(H,17,18)/t9-,10-/m0/s1. The van der Waals surface area contributed by atoms with Crippen LogP contribution in [0, 0.1) is 11.8 Å². The molecular formula is C14H22N2O5S. The molecule has 2 saturated carbocycles. The summed E-state index contributed by atoms with van der Waals surface area (Å²) >= 11 is 4.05. The van der Waals surface area contributed by atoms with Crippen molar-refractivity contribution in [1.82, 2.24) is 5.32 Å². The molecule has 0 radical (unpaired) electrons. The van der Waals surface area contributed by atoms with E-state index in [1.54, 1.807) is 0 Å². The number of carboxylic acids is 1. The monoisotopic (exact) mass is 330 g/mol.